The summed E-state index contributed by atoms with van der Waals surface area (Å²) in [5.41, 5.74) is 0. The molecule has 0 atom stereocenters. The van der Waals surface area contributed by atoms with E-state index < -0.39 is 0 Å². The zero-order valence-electron chi connectivity index (χ0n) is 16.7. The Morgan fingerprint density at radius 3 is 0.520 bits per heavy atom. The largest absolute Gasteiger partial charge is 0.307 e. The first-order chi connectivity index (χ1) is 11.1. The molecule has 0 N–H and O–H groups in total. The number of carbonyl (C=O) groups is 2. The predicted octanol–water partition coefficient (Wildman–Crippen LogP) is 4.29. The zero-order valence-corrected chi connectivity index (χ0v) is 19.7. The van der Waals surface area contributed by atoms with Crippen LogP contribution in [0.4, 0.5) is 0 Å². The van der Waals surface area contributed by atoms with E-state index >= 15 is 0 Å². The molecule has 0 aliphatic carbocycles. The van der Waals surface area contributed by atoms with Crippen molar-refractivity contribution < 1.29 is 30.7 Å². The first-order valence-electron chi connectivity index (χ1n) is 7.25. The van der Waals surface area contributed by atoms with E-state index in [1.54, 1.807) is 0 Å². The molecule has 0 aromatic rings. The second-order valence-corrected chi connectivity index (χ2v) is 5.14. The van der Waals surface area contributed by atoms with E-state index in [4.69, 9.17) is 30.6 Å². The molecule has 0 rings (SSSR count). The molecule has 25 heavy (non-hydrogen) atoms. The fourth-order valence-corrected chi connectivity index (χ4v) is 0. The van der Waals surface area contributed by atoms with Crippen LogP contribution in [0.2, 0.25) is 0 Å². The minimum absolute atomic E-state index is 0. The summed E-state index contributed by atoms with van der Waals surface area (Å²) < 4.78 is 0. The molecule has 0 spiro atoms. The minimum atomic E-state index is 0. The van der Waals surface area contributed by atoms with Crippen molar-refractivity contribution in [3.63, 3.8) is 0 Å². The summed E-state index contributed by atoms with van der Waals surface area (Å²) >= 11 is 0. The van der Waals surface area contributed by atoms with Crippen LogP contribution < -0.4 is 0 Å². The van der Waals surface area contributed by atoms with Gasteiger partial charge in [0, 0.05) is 44.7 Å². The van der Waals surface area contributed by atoms with Crippen LogP contribution in [-0.4, -0.2) is 13.6 Å². The Morgan fingerprint density at radius 2 is 0.520 bits per heavy atom. The first kappa shape index (κ1) is 43.5. The van der Waals surface area contributed by atoms with Crippen LogP contribution in [0.1, 0.15) is 55.4 Å². The van der Waals surface area contributed by atoms with Crippen molar-refractivity contribution in [3.8, 4) is 24.3 Å². The van der Waals surface area contributed by atoms with Gasteiger partial charge in [-0.1, -0.05) is 0 Å². The van der Waals surface area contributed by atoms with E-state index in [0.29, 0.717) is 0 Å². The summed E-state index contributed by atoms with van der Waals surface area (Å²) in [4.78, 5) is 16.0. The van der Waals surface area contributed by atoms with Crippen LogP contribution in [0.15, 0.2) is 0 Å². The summed E-state index contributed by atoms with van der Waals surface area (Å²) in [7, 11) is 0. The molecule has 0 saturated carbocycles. The molecule has 6 nitrogen and oxygen atoms in total. The van der Waals surface area contributed by atoms with Crippen molar-refractivity contribution in [1.82, 2.24) is 0 Å². The zero-order chi connectivity index (χ0) is 21.1. The number of nitriles is 4. The Balaban J connectivity index is -0.0000000319. The Morgan fingerprint density at radius 1 is 0.480 bits per heavy atom. The predicted molar refractivity (Wildman–Crippen MR) is 96.0 cm³/mol. The molecule has 0 fully saturated rings. The third kappa shape index (κ3) is 245. The summed E-state index contributed by atoms with van der Waals surface area (Å²) in [5.74, 6) is 0.759. The van der Waals surface area contributed by atoms with Gasteiger partial charge >= 0.3 is 0 Å². The summed E-state index contributed by atoms with van der Waals surface area (Å²) in [6.45, 7) is 18.9. The van der Waals surface area contributed by atoms with Gasteiger partial charge in [0.05, 0.1) is 24.3 Å². The molecule has 0 aromatic heterocycles. The molecular weight excluding hydrogens is 488 g/mol. The molecule has 0 radical (unpaired) electrons. The summed E-state index contributed by atoms with van der Waals surface area (Å²) in [5, 5.41) is 31.6. The quantitative estimate of drug-likeness (QED) is 0.469. The van der Waals surface area contributed by atoms with Crippen LogP contribution in [0.5, 0.6) is 0 Å². The maximum absolute atomic E-state index is 8.00. The van der Waals surface area contributed by atoms with Gasteiger partial charge < -0.3 is 9.59 Å². The first-order valence-corrected chi connectivity index (χ1v) is 7.25. The van der Waals surface area contributed by atoms with E-state index in [9.17, 15) is 0 Å². The van der Waals surface area contributed by atoms with Gasteiger partial charge in [0.2, 0.25) is 0 Å². The Bertz CT molecular complexity index is 310. The average molecular weight is 520 g/mol. The van der Waals surface area contributed by atoms with E-state index in [-0.39, 0.29) is 44.7 Å². The fourth-order valence-electron chi connectivity index (χ4n) is 0. The van der Waals surface area contributed by atoms with E-state index in [2.05, 4.69) is 0 Å². The van der Waals surface area contributed by atoms with Crippen LogP contribution in [0.3, 0.4) is 0 Å². The molecule has 0 aromatic carbocycles. The Kier molecular flexibility index (Phi) is 86.1. The van der Waals surface area contributed by atoms with Gasteiger partial charge in [0.1, 0.15) is 13.6 Å². The van der Waals surface area contributed by atoms with Crippen molar-refractivity contribution in [1.29, 1.82) is 21.0 Å². The van der Waals surface area contributed by atoms with E-state index in [1.807, 2.05) is 93.2 Å². The molecule has 0 unspecified atom stereocenters. The maximum atomic E-state index is 8.00. The number of rotatable bonds is 0. The SMILES string of the molecule is C=O.C=O.CC(C)C#N.CC(C)C#N.CC(C)C#N.CC(C)C#N.[W]. The van der Waals surface area contributed by atoms with Gasteiger partial charge in [-0.25, -0.2) is 0 Å². The van der Waals surface area contributed by atoms with E-state index in [1.165, 1.54) is 0 Å². The third-order valence-electron chi connectivity index (χ3n) is 1.03. The van der Waals surface area contributed by atoms with Crippen molar-refractivity contribution in [2.24, 2.45) is 23.7 Å². The van der Waals surface area contributed by atoms with Crippen LogP contribution in [0.25, 0.3) is 0 Å². The molecule has 142 valence electrons. The summed E-state index contributed by atoms with van der Waals surface area (Å²) in [6, 6.07) is 8.11. The van der Waals surface area contributed by atoms with E-state index in [0.717, 1.165) is 0 Å². The molecule has 0 amide bonds. The van der Waals surface area contributed by atoms with Gasteiger partial charge in [-0.05, 0) is 55.4 Å². The van der Waals surface area contributed by atoms with Gasteiger partial charge in [0.15, 0.2) is 0 Å². The van der Waals surface area contributed by atoms with Crippen molar-refractivity contribution >= 4 is 13.6 Å². The molecule has 0 aliphatic heterocycles. The average Bonchev–Trinajstić information content (AvgIpc) is 2.59. The number of carbonyl (C=O) groups excluding carboxylic acids is 2. The van der Waals surface area contributed by atoms with Gasteiger partial charge in [-0.2, -0.15) is 21.0 Å². The number of nitrogens with zero attached hydrogens (tertiary/aromatic N) is 4. The standard InChI is InChI=1S/4C4H7N.2CH2O.W/c4*1-4(2)3-5;2*1-2;/h4*4H,1-2H3;2*1H2;. The van der Waals surface area contributed by atoms with Crippen molar-refractivity contribution in [2.45, 2.75) is 55.4 Å². The topological polar surface area (TPSA) is 129 Å². The molecule has 7 heteroatoms. The van der Waals surface area contributed by atoms with Gasteiger partial charge in [0.25, 0.3) is 0 Å². The molecule has 0 bridgehead atoms. The monoisotopic (exact) mass is 520 g/mol. The minimum Gasteiger partial charge on any atom is -0.307 e. The van der Waals surface area contributed by atoms with Gasteiger partial charge in [-0.15, -0.1) is 0 Å². The molecule has 0 heterocycles. The molecule has 0 aliphatic rings. The second-order valence-electron chi connectivity index (χ2n) is 5.14. The summed E-state index contributed by atoms with van der Waals surface area (Å²) in [6.07, 6.45) is 0. The normalized spacial score (nSPS) is 6.40. The smallest absolute Gasteiger partial charge is 0.106 e. The van der Waals surface area contributed by atoms with Crippen LogP contribution in [-0.2, 0) is 30.7 Å². The van der Waals surface area contributed by atoms with Crippen LogP contribution >= 0.6 is 0 Å². The Labute approximate surface area is 168 Å². The molecule has 0 saturated heterocycles. The maximum Gasteiger partial charge on any atom is 0.106 e. The number of hydrogen-bond acceptors (Lipinski definition) is 6. The third-order valence-corrected chi connectivity index (χ3v) is 1.03. The fraction of sp³-hybridized carbons (Fsp3) is 0.667. The molecular formula is C18H32N4O2W. The van der Waals surface area contributed by atoms with Gasteiger partial charge in [-0.3, -0.25) is 0 Å². The Hall–Kier alpha value is -2.01. The second kappa shape index (κ2) is 49.5. The van der Waals surface area contributed by atoms with Crippen LogP contribution in [0, 0.1) is 69.0 Å². The number of hydrogen-bond donors (Lipinski definition) is 0. The van der Waals surface area contributed by atoms with Crippen molar-refractivity contribution in [2.75, 3.05) is 0 Å². The van der Waals surface area contributed by atoms with Crippen molar-refractivity contribution in [3.05, 3.63) is 0 Å².